The second-order valence-electron chi connectivity index (χ2n) is 9.98. The van der Waals surface area contributed by atoms with E-state index in [0.717, 1.165) is 19.1 Å². The molecule has 0 aliphatic heterocycles. The molecule has 1 aromatic rings. The van der Waals surface area contributed by atoms with Gasteiger partial charge >= 0.3 is 11.9 Å². The van der Waals surface area contributed by atoms with E-state index < -0.39 is 11.9 Å². The van der Waals surface area contributed by atoms with Crippen LogP contribution in [0, 0.1) is 16.7 Å². The molecular formula is C25H39NO5. The number of hydrogen-bond acceptors (Lipinski definition) is 4. The summed E-state index contributed by atoms with van der Waals surface area (Å²) in [5, 5.41) is 16.1. The average molecular weight is 434 g/mol. The second kappa shape index (κ2) is 10.1. The Kier molecular flexibility index (Phi) is 8.28. The maximum atomic E-state index is 9.79. The topological polar surface area (TPSA) is 87.1 Å². The molecule has 31 heavy (non-hydrogen) atoms. The van der Waals surface area contributed by atoms with Crippen LogP contribution >= 0.6 is 0 Å². The van der Waals surface area contributed by atoms with Crippen LogP contribution in [0.5, 0.6) is 0 Å². The highest BCUT2D eigenvalue weighted by Gasteiger charge is 2.69. The van der Waals surface area contributed by atoms with E-state index in [9.17, 15) is 9.59 Å². The Morgan fingerprint density at radius 3 is 2.06 bits per heavy atom. The van der Waals surface area contributed by atoms with E-state index >= 15 is 0 Å². The molecule has 6 nitrogen and oxygen atoms in total. The number of carboxylic acid groups (broad SMARTS) is 2. The first kappa shape index (κ1) is 25.3. The van der Waals surface area contributed by atoms with E-state index in [1.807, 2.05) is 0 Å². The maximum Gasteiger partial charge on any atom is 0.303 e. The van der Waals surface area contributed by atoms with E-state index in [4.69, 9.17) is 14.9 Å². The van der Waals surface area contributed by atoms with Crippen LogP contribution in [0.25, 0.3) is 0 Å². The quantitative estimate of drug-likeness (QED) is 0.590. The van der Waals surface area contributed by atoms with Crippen molar-refractivity contribution in [3.63, 3.8) is 0 Å². The zero-order chi connectivity index (χ0) is 23.3. The molecule has 2 aliphatic rings. The fourth-order valence-corrected chi connectivity index (χ4v) is 5.49. The van der Waals surface area contributed by atoms with Crippen molar-refractivity contribution in [1.29, 1.82) is 0 Å². The van der Waals surface area contributed by atoms with Gasteiger partial charge < -0.3 is 19.8 Å². The number of rotatable bonds is 9. The zero-order valence-corrected chi connectivity index (χ0v) is 19.7. The van der Waals surface area contributed by atoms with Gasteiger partial charge in [-0.15, -0.1) is 0 Å². The fourth-order valence-electron chi connectivity index (χ4n) is 5.49. The highest BCUT2D eigenvalue weighted by molar-refractivity contribution is 5.69. The summed E-state index contributed by atoms with van der Waals surface area (Å²) in [6, 6.07) is 11.0. The molecule has 0 heterocycles. The minimum atomic E-state index is -0.948. The number of ether oxygens (including phenoxy) is 1. The lowest BCUT2D eigenvalue weighted by molar-refractivity contribution is -0.148. The van der Waals surface area contributed by atoms with Gasteiger partial charge in [0.2, 0.25) is 0 Å². The molecule has 0 unspecified atom stereocenters. The molecule has 0 radical (unpaired) electrons. The summed E-state index contributed by atoms with van der Waals surface area (Å²) in [7, 11) is 4.23. The third-order valence-electron chi connectivity index (χ3n) is 7.77. The van der Waals surface area contributed by atoms with Crippen LogP contribution in [0.4, 0.5) is 0 Å². The highest BCUT2D eigenvalue weighted by atomic mass is 16.5. The largest absolute Gasteiger partial charge is 0.481 e. The molecule has 2 saturated carbocycles. The lowest BCUT2D eigenvalue weighted by Crippen LogP contribution is -2.47. The standard InChI is InChI=1S/C20H31NO.C5H8O4/c1-18(2)17-11-12-19(18,3)20(15-17,22-14-13-21(4)5)16-9-7-6-8-10-16;6-4(7)2-1-3-5(8)9/h6-10,17H,11-15H2,1-5H3;1-3H2,(H,6,7)(H,8,9)/t17-,19-,20+;/m1./s1. The normalized spacial score (nSPS) is 28.3. The van der Waals surface area contributed by atoms with Gasteiger partial charge in [0, 0.05) is 24.8 Å². The van der Waals surface area contributed by atoms with Gasteiger partial charge in [0.05, 0.1) is 12.2 Å². The van der Waals surface area contributed by atoms with Crippen molar-refractivity contribution in [2.24, 2.45) is 16.7 Å². The smallest absolute Gasteiger partial charge is 0.303 e. The molecule has 174 valence electrons. The van der Waals surface area contributed by atoms with Gasteiger partial charge in [-0.2, -0.15) is 0 Å². The number of hydrogen-bond donors (Lipinski definition) is 2. The number of likely N-dealkylation sites (N-methyl/N-ethyl adjacent to an activating group) is 1. The summed E-state index contributed by atoms with van der Waals surface area (Å²) < 4.78 is 6.72. The second-order valence-corrected chi connectivity index (χ2v) is 9.98. The summed E-state index contributed by atoms with van der Waals surface area (Å²) in [5.74, 6) is -1.12. The molecule has 0 saturated heterocycles. The van der Waals surface area contributed by atoms with Gasteiger partial charge in [-0.25, -0.2) is 0 Å². The van der Waals surface area contributed by atoms with Crippen molar-refractivity contribution >= 4 is 11.9 Å². The first-order valence-corrected chi connectivity index (χ1v) is 11.2. The molecule has 0 aromatic heterocycles. The molecule has 2 aliphatic carbocycles. The average Bonchev–Trinajstić information content (AvgIpc) is 3.01. The predicted molar refractivity (Wildman–Crippen MR) is 121 cm³/mol. The molecule has 3 atom stereocenters. The summed E-state index contributed by atoms with van der Waals surface area (Å²) in [4.78, 5) is 21.8. The Morgan fingerprint density at radius 1 is 1.06 bits per heavy atom. The predicted octanol–water partition coefficient (Wildman–Crippen LogP) is 4.63. The van der Waals surface area contributed by atoms with Gasteiger partial charge in [-0.3, -0.25) is 9.59 Å². The van der Waals surface area contributed by atoms with Crippen LogP contribution in [0.15, 0.2) is 30.3 Å². The van der Waals surface area contributed by atoms with Crippen molar-refractivity contribution in [2.75, 3.05) is 27.2 Å². The fraction of sp³-hybridized carbons (Fsp3) is 0.680. The Hall–Kier alpha value is -1.92. The summed E-state index contributed by atoms with van der Waals surface area (Å²) in [6.45, 7) is 9.19. The number of nitrogens with zero attached hydrogens (tertiary/aromatic N) is 1. The Morgan fingerprint density at radius 2 is 1.65 bits per heavy atom. The van der Waals surface area contributed by atoms with Crippen LogP contribution in [0.3, 0.4) is 0 Å². The first-order chi connectivity index (χ1) is 14.5. The molecule has 1 aromatic carbocycles. The van der Waals surface area contributed by atoms with E-state index in [0.29, 0.717) is 5.41 Å². The summed E-state index contributed by atoms with van der Waals surface area (Å²) in [6.07, 6.45) is 3.90. The molecule has 2 N–H and O–H groups in total. The van der Waals surface area contributed by atoms with Gasteiger partial charge in [0.15, 0.2) is 0 Å². The molecule has 2 fully saturated rings. The summed E-state index contributed by atoms with van der Waals surface area (Å²) >= 11 is 0. The van der Waals surface area contributed by atoms with Crippen molar-refractivity contribution in [2.45, 2.75) is 64.9 Å². The van der Waals surface area contributed by atoms with Crippen LogP contribution in [0.2, 0.25) is 0 Å². The third kappa shape index (κ3) is 5.29. The lowest BCUT2D eigenvalue weighted by atomic mass is 9.62. The van der Waals surface area contributed by atoms with E-state index in [2.05, 4.69) is 70.1 Å². The Bertz CT molecular complexity index is 734. The van der Waals surface area contributed by atoms with Crippen LogP contribution in [-0.2, 0) is 19.9 Å². The maximum absolute atomic E-state index is 9.79. The number of fused-ring (bicyclic) bond motifs is 2. The Balaban J connectivity index is 0.000000323. The molecule has 2 bridgehead atoms. The van der Waals surface area contributed by atoms with E-state index in [1.165, 1.54) is 24.8 Å². The van der Waals surface area contributed by atoms with E-state index in [1.54, 1.807) is 0 Å². The highest BCUT2D eigenvalue weighted by Crippen LogP contribution is 2.73. The van der Waals surface area contributed by atoms with Crippen LogP contribution < -0.4 is 0 Å². The molecular weight excluding hydrogens is 394 g/mol. The van der Waals surface area contributed by atoms with Gasteiger partial charge in [0.25, 0.3) is 0 Å². The van der Waals surface area contributed by atoms with Crippen molar-refractivity contribution in [3.05, 3.63) is 35.9 Å². The lowest BCUT2D eigenvalue weighted by Gasteiger charge is -2.49. The SMILES string of the molecule is CN(C)CCO[C@]1(c2ccccc2)C[C@H]2CC[C@]1(C)C2(C)C.O=C(O)CCCC(=O)O. The van der Waals surface area contributed by atoms with Crippen molar-refractivity contribution in [3.8, 4) is 0 Å². The zero-order valence-electron chi connectivity index (χ0n) is 19.7. The minimum Gasteiger partial charge on any atom is -0.481 e. The molecule has 6 heteroatoms. The van der Waals surface area contributed by atoms with Crippen molar-refractivity contribution < 1.29 is 24.5 Å². The first-order valence-electron chi connectivity index (χ1n) is 11.2. The molecule has 0 spiro atoms. The molecule has 0 amide bonds. The third-order valence-corrected chi connectivity index (χ3v) is 7.77. The summed E-state index contributed by atoms with van der Waals surface area (Å²) in [5.41, 5.74) is 1.84. The van der Waals surface area contributed by atoms with Gasteiger partial charge in [0.1, 0.15) is 0 Å². The molecule has 3 rings (SSSR count). The Labute approximate surface area is 186 Å². The van der Waals surface area contributed by atoms with Gasteiger partial charge in [-0.05, 0) is 56.7 Å². The van der Waals surface area contributed by atoms with Crippen LogP contribution in [0.1, 0.15) is 64.9 Å². The van der Waals surface area contributed by atoms with Crippen molar-refractivity contribution in [1.82, 2.24) is 4.90 Å². The number of benzene rings is 1. The number of carbonyl (C=O) groups is 2. The number of carboxylic acids is 2. The monoisotopic (exact) mass is 433 g/mol. The van der Waals surface area contributed by atoms with Gasteiger partial charge in [-0.1, -0.05) is 51.1 Å². The van der Waals surface area contributed by atoms with E-state index in [-0.39, 0.29) is 30.3 Å². The number of aliphatic carboxylic acids is 2. The minimum absolute atomic E-state index is 0.0632. The van der Waals surface area contributed by atoms with Crippen LogP contribution in [-0.4, -0.2) is 54.3 Å².